The third kappa shape index (κ3) is 24.7. The normalized spacial score (nSPS) is 19.1. The Balaban J connectivity index is 0.000000153. The molecular weight excluding hydrogens is 1510 g/mol. The van der Waals surface area contributed by atoms with Gasteiger partial charge in [-0.2, -0.15) is 10.2 Å². The lowest BCUT2D eigenvalue weighted by Crippen LogP contribution is -2.39. The number of aromatic carboxylic acids is 1. The number of ether oxygens (including phenoxy) is 2. The average Bonchev–Trinajstić information content (AvgIpc) is 1.60. The summed E-state index contributed by atoms with van der Waals surface area (Å²) in [6, 6.07) is 22.7. The average molecular weight is 1630 g/mol. The summed E-state index contributed by atoms with van der Waals surface area (Å²) in [6.07, 6.45) is 27.3. The van der Waals surface area contributed by atoms with Crippen molar-refractivity contribution in [1.82, 2.24) is 73.0 Å². The van der Waals surface area contributed by atoms with Crippen LogP contribution in [0.3, 0.4) is 0 Å². The standard InChI is InChI=1S/C30H40N6O5S.C23H26N4O3.C9H16N2.C7H6N4O.C7H16N2O3S.C6H15N/c37-21-22-7-5-13-35(20-22)26-19-25(30(38)33-42(39,40)18-6-12-34-14-16-41-17-15-34)31-29-27(26)28(23-8-4-9-23)32-36(29)24-10-2-1-3-11-24;28-14-15-6-5-11-26(13-15)19-12-18(23(29)30)24-22-20(19)21(16-7-4-8-16)25-27(22)17-9-2-1-3-10-17;1-2-5-9-10-6-4-8-11(9)7-3-1;12-7(10-3-1-8-5-10)11-4-2-9-6-11;8-13(10,11)7-1-2-9-3-5-12-6-4-9;1-4-7(5-2)6-3/h1-3,10-11,19,22-23,37H,4-9,12-18,20-21H2,(H,33,38);1-3,9-10,12,15-16,28H,4-8,11,13-14H2,(H,29,30);1-8H2;1-6H;1-7H2,(H2,8,10,11);4-6H2,1-3H3/t22-;15-;;;;/m11..../s1. The van der Waals surface area contributed by atoms with Crippen molar-refractivity contribution in [2.24, 2.45) is 22.0 Å². The molecule has 6 aromatic heterocycles. The lowest BCUT2D eigenvalue weighted by Gasteiger charge is -2.34. The summed E-state index contributed by atoms with van der Waals surface area (Å²) in [5.41, 5.74) is 6.62. The van der Waals surface area contributed by atoms with Gasteiger partial charge in [-0.05, 0) is 164 Å². The van der Waals surface area contributed by atoms with E-state index in [0.717, 1.165) is 175 Å². The zero-order chi connectivity index (χ0) is 81.1. The number of sulfonamides is 2. The highest BCUT2D eigenvalue weighted by Crippen LogP contribution is 2.45. The number of aliphatic imine (C=N–C) groups is 1. The van der Waals surface area contributed by atoms with Crippen LogP contribution in [0, 0.1) is 11.8 Å². The van der Waals surface area contributed by atoms with Gasteiger partial charge in [-0.25, -0.2) is 65.6 Å². The largest absolute Gasteiger partial charge is 0.477 e. The molecule has 2 saturated carbocycles. The van der Waals surface area contributed by atoms with Gasteiger partial charge in [0.1, 0.15) is 18.3 Å². The first-order valence-electron chi connectivity index (χ1n) is 41.4. The molecule has 2 atom stereocenters. The zero-order valence-corrected chi connectivity index (χ0v) is 68.8. The van der Waals surface area contributed by atoms with E-state index < -0.39 is 31.9 Å². The molecule has 6 N–H and O–H groups in total. The fraction of sp³-hybridized carbons (Fsp3) is 0.585. The number of fused-ring (bicyclic) bond motifs is 3. The van der Waals surface area contributed by atoms with E-state index in [1.807, 2.05) is 60.7 Å². The predicted molar refractivity (Wildman–Crippen MR) is 446 cm³/mol. The molecule has 0 spiro atoms. The van der Waals surface area contributed by atoms with Gasteiger partial charge in [-0.3, -0.25) is 28.7 Å². The number of carbonyl (C=O) groups is 3. The second-order valence-corrected chi connectivity index (χ2v) is 34.1. The molecule has 2 aliphatic carbocycles. The van der Waals surface area contributed by atoms with Crippen molar-refractivity contribution in [3.8, 4) is 11.4 Å². The van der Waals surface area contributed by atoms with Gasteiger partial charge in [0.15, 0.2) is 17.0 Å². The first-order valence-corrected chi connectivity index (χ1v) is 44.8. The van der Waals surface area contributed by atoms with Crippen LogP contribution < -0.4 is 19.7 Å². The molecule has 1 amide bonds. The molecule has 0 radical (unpaired) electrons. The number of aliphatic hydroxyl groups is 2. The van der Waals surface area contributed by atoms with Crippen LogP contribution in [0.2, 0.25) is 0 Å². The number of pyridine rings is 2. The maximum absolute atomic E-state index is 13.5. The smallest absolute Gasteiger partial charge is 0.354 e. The second-order valence-electron chi connectivity index (χ2n) is 30.6. The van der Waals surface area contributed by atoms with Crippen LogP contribution in [0.5, 0.6) is 0 Å². The van der Waals surface area contributed by atoms with Gasteiger partial charge >= 0.3 is 12.0 Å². The van der Waals surface area contributed by atoms with E-state index in [0.29, 0.717) is 62.3 Å². The molecule has 12 heterocycles. The van der Waals surface area contributed by atoms with Crippen LogP contribution in [0.1, 0.15) is 174 Å². The Bertz CT molecular complexity index is 4560. The van der Waals surface area contributed by atoms with Crippen molar-refractivity contribution in [3.05, 3.63) is 133 Å². The number of carboxylic acid groups (broad SMARTS) is 1. The van der Waals surface area contributed by atoms with E-state index in [1.165, 1.54) is 98.9 Å². The molecular formula is C82H119N19O12S2. The van der Waals surface area contributed by atoms with Gasteiger partial charge in [0.2, 0.25) is 20.0 Å². The lowest BCUT2D eigenvalue weighted by molar-refractivity contribution is 0.0380. The number of hydrogen-bond donors (Lipinski definition) is 5. The number of morpholine rings is 2. The number of primary sulfonamides is 1. The van der Waals surface area contributed by atoms with E-state index >= 15 is 0 Å². The van der Waals surface area contributed by atoms with Gasteiger partial charge < -0.3 is 44.4 Å². The number of aliphatic hydroxyl groups excluding tert-OH is 2. The van der Waals surface area contributed by atoms with Gasteiger partial charge in [-0.1, -0.05) is 76.4 Å². The summed E-state index contributed by atoms with van der Waals surface area (Å²) in [7, 11) is -7.15. The number of amides is 1. The van der Waals surface area contributed by atoms with Crippen LogP contribution in [-0.2, 0) is 29.5 Å². The van der Waals surface area contributed by atoms with Crippen LogP contribution in [0.15, 0.2) is 115 Å². The van der Waals surface area contributed by atoms with Gasteiger partial charge in [0, 0.05) is 128 Å². The number of amidine groups is 1. The number of nitrogens with one attached hydrogen (secondary N) is 1. The molecule has 31 nitrogen and oxygen atoms in total. The van der Waals surface area contributed by atoms with Crippen molar-refractivity contribution in [1.29, 1.82) is 0 Å². The molecule has 5 saturated heterocycles. The summed E-state index contributed by atoms with van der Waals surface area (Å²) in [4.78, 5) is 71.9. The van der Waals surface area contributed by atoms with Crippen molar-refractivity contribution < 1.29 is 56.0 Å². The molecule has 16 rings (SSSR count). The monoisotopic (exact) mass is 1630 g/mol. The number of benzene rings is 2. The molecule has 33 heteroatoms. The summed E-state index contributed by atoms with van der Waals surface area (Å²) in [5.74, 6) is 0.553. The van der Waals surface area contributed by atoms with Crippen LogP contribution in [-0.4, -0.2) is 280 Å². The highest BCUT2D eigenvalue weighted by molar-refractivity contribution is 7.90. The minimum atomic E-state index is -3.87. The Hall–Kier alpha value is -8.64. The van der Waals surface area contributed by atoms with Crippen molar-refractivity contribution in [2.45, 2.75) is 142 Å². The molecule has 2 aromatic carbocycles. The van der Waals surface area contributed by atoms with Crippen molar-refractivity contribution in [2.75, 3.05) is 166 Å². The maximum atomic E-state index is 13.5. The fourth-order valence-electron chi connectivity index (χ4n) is 15.6. The molecule has 626 valence electrons. The lowest BCUT2D eigenvalue weighted by atomic mass is 9.81. The van der Waals surface area contributed by atoms with E-state index in [2.05, 4.69) is 74.8 Å². The topological polar surface area (TPSA) is 366 Å². The Morgan fingerprint density at radius 1 is 0.565 bits per heavy atom. The number of piperidine rings is 2. The van der Waals surface area contributed by atoms with Gasteiger partial charge in [0.05, 0.1) is 88.7 Å². The van der Waals surface area contributed by atoms with Crippen molar-refractivity contribution >= 4 is 77.2 Å². The number of carboxylic acids is 1. The van der Waals surface area contributed by atoms with E-state index in [9.17, 15) is 46.5 Å². The molecule has 8 aromatic rings. The first kappa shape index (κ1) is 87.2. The highest BCUT2D eigenvalue weighted by atomic mass is 32.2. The van der Waals surface area contributed by atoms with E-state index in [-0.39, 0.29) is 54.0 Å². The van der Waals surface area contributed by atoms with Gasteiger partial charge in [0.25, 0.3) is 5.91 Å². The molecule has 7 fully saturated rings. The minimum absolute atomic E-state index is 0.0286. The summed E-state index contributed by atoms with van der Waals surface area (Å²) in [5, 5.41) is 46.2. The number of nitrogens with two attached hydrogens (primary N) is 1. The highest BCUT2D eigenvalue weighted by Gasteiger charge is 2.35. The Morgan fingerprint density at radius 3 is 1.47 bits per heavy atom. The van der Waals surface area contributed by atoms with Crippen molar-refractivity contribution in [3.63, 3.8) is 0 Å². The molecule has 0 bridgehead atoms. The maximum Gasteiger partial charge on any atom is 0.354 e. The second kappa shape index (κ2) is 43.5. The number of carbonyl (C=O) groups excluding carboxylic acids is 2. The van der Waals surface area contributed by atoms with Crippen LogP contribution >= 0.6 is 0 Å². The Labute approximate surface area is 676 Å². The first-order chi connectivity index (χ1) is 55.8. The molecule has 8 aliphatic rings. The number of aromatic nitrogens is 10. The number of imidazole rings is 2. The zero-order valence-electron chi connectivity index (χ0n) is 67.2. The molecule has 0 unspecified atom stereocenters. The van der Waals surface area contributed by atoms with Crippen LogP contribution in [0.4, 0.5) is 16.2 Å². The summed E-state index contributed by atoms with van der Waals surface area (Å²) >= 11 is 0. The number of anilines is 2. The minimum Gasteiger partial charge on any atom is -0.477 e. The SMILES string of the molecule is C1CCC2=NCCCN2CC1.CCN(CC)CC.NS(=O)(=O)CCCN1CCOCC1.O=C(NS(=O)(=O)CCCN1CCOCC1)c1cc(N2CCC[C@@H](CO)C2)c2c(C3CCC3)nn(-c3ccccc3)c2n1.O=C(O)c1cc(N2CCC[C@@H](CO)C2)c2c(C3CCC3)nn(-c3ccccc3)c2n1.O=C(n1ccnc1)n1ccnc1. The number of hydrogen-bond acceptors (Lipinski definition) is 24. The Morgan fingerprint density at radius 2 is 1.03 bits per heavy atom. The molecule has 115 heavy (non-hydrogen) atoms. The third-order valence-corrected chi connectivity index (χ3v) is 24.8. The predicted octanol–water partition coefficient (Wildman–Crippen LogP) is 8.88. The number of para-hydroxylation sites is 2. The van der Waals surface area contributed by atoms with E-state index in [1.54, 1.807) is 46.3 Å². The number of nitrogens with zero attached hydrogens (tertiary/aromatic N) is 17. The quantitative estimate of drug-likeness (QED) is 0.0422. The molecule has 6 aliphatic heterocycles. The summed E-state index contributed by atoms with van der Waals surface area (Å²) in [6.45, 7) is 24.5. The van der Waals surface area contributed by atoms with Gasteiger partial charge in [-0.15, -0.1) is 0 Å². The third-order valence-electron chi connectivity index (χ3n) is 22.6. The van der Waals surface area contributed by atoms with Crippen LogP contribution in [0.25, 0.3) is 33.4 Å². The Kier molecular flexibility index (Phi) is 33.0. The summed E-state index contributed by atoms with van der Waals surface area (Å²) < 4.78 is 66.3. The van der Waals surface area contributed by atoms with E-state index in [4.69, 9.17) is 29.8 Å². The fourth-order valence-corrected chi connectivity index (χ4v) is 17.1. The number of rotatable bonds is 22.